The van der Waals surface area contributed by atoms with E-state index in [9.17, 15) is 5.26 Å². The Bertz CT molecular complexity index is 3160. The number of aromatic nitrogens is 2. The molecule has 262 valence electrons. The first kappa shape index (κ1) is 32.9. The molecule has 2 heterocycles. The van der Waals surface area contributed by atoms with Crippen molar-refractivity contribution < 1.29 is 0 Å². The van der Waals surface area contributed by atoms with E-state index >= 15 is 0 Å². The second-order valence-corrected chi connectivity index (χ2v) is 14.4. The topological polar surface area (TPSA) is 38.0 Å². The van der Waals surface area contributed by atoms with Crippen LogP contribution in [0.25, 0.3) is 93.2 Å². The lowest BCUT2D eigenvalue weighted by Gasteiger charge is -2.18. The van der Waals surface area contributed by atoms with E-state index in [-0.39, 0.29) is 0 Å². The highest BCUT2D eigenvalue weighted by Gasteiger charge is 2.24. The average molecular weight is 715 g/mol. The fourth-order valence-electron chi connectivity index (χ4n) is 8.70. The summed E-state index contributed by atoms with van der Waals surface area (Å²) in [6, 6.07) is 62.1. The van der Waals surface area contributed by atoms with Gasteiger partial charge in [-0.25, -0.2) is 4.85 Å². The molecule has 0 atom stereocenters. The molecule has 0 amide bonds. The summed E-state index contributed by atoms with van der Waals surface area (Å²) in [4.78, 5) is 4.00. The zero-order valence-corrected chi connectivity index (χ0v) is 31.0. The van der Waals surface area contributed by atoms with Crippen LogP contribution in [-0.2, 0) is 0 Å². The Morgan fingerprint density at radius 1 is 0.482 bits per heavy atom. The first-order chi connectivity index (χ1) is 27.5. The zero-order chi connectivity index (χ0) is 37.9. The van der Waals surface area contributed by atoms with Gasteiger partial charge in [0.1, 0.15) is 0 Å². The Kier molecular flexibility index (Phi) is 7.66. The molecule has 0 aliphatic heterocycles. The fourth-order valence-corrected chi connectivity index (χ4v) is 8.70. The number of hydrogen-bond donors (Lipinski definition) is 0. The van der Waals surface area contributed by atoms with Gasteiger partial charge in [-0.05, 0) is 101 Å². The van der Waals surface area contributed by atoms with Crippen LogP contribution in [0.2, 0.25) is 0 Å². The normalized spacial score (nSPS) is 11.4. The molecule has 4 heteroatoms. The minimum Gasteiger partial charge on any atom is -0.309 e. The van der Waals surface area contributed by atoms with Gasteiger partial charge >= 0.3 is 0 Å². The van der Waals surface area contributed by atoms with E-state index in [4.69, 9.17) is 6.57 Å². The predicted octanol–water partition coefficient (Wildman–Crippen LogP) is 13.9. The van der Waals surface area contributed by atoms with E-state index in [1.165, 1.54) is 11.1 Å². The van der Waals surface area contributed by atoms with Crippen LogP contribution in [0.3, 0.4) is 0 Å². The fraction of sp³-hybridized carbons (Fsp3) is 0.0385. The molecule has 8 aromatic carbocycles. The van der Waals surface area contributed by atoms with Crippen molar-refractivity contribution in [3.05, 3.63) is 198 Å². The van der Waals surface area contributed by atoms with Crippen LogP contribution in [0.4, 0.5) is 5.69 Å². The molecule has 10 rings (SSSR count). The molecule has 0 unspecified atom stereocenters. The predicted molar refractivity (Wildman–Crippen MR) is 232 cm³/mol. The number of benzene rings is 8. The Morgan fingerprint density at radius 2 is 1.05 bits per heavy atom. The summed E-state index contributed by atoms with van der Waals surface area (Å²) < 4.78 is 4.74. The van der Waals surface area contributed by atoms with Crippen molar-refractivity contribution >= 4 is 49.3 Å². The third-order valence-corrected chi connectivity index (χ3v) is 11.2. The molecule has 0 spiro atoms. The molecule has 0 N–H and O–H groups in total. The summed E-state index contributed by atoms with van der Waals surface area (Å²) in [6.45, 7) is 12.6. The molecule has 0 saturated carbocycles. The lowest BCUT2D eigenvalue weighted by Crippen LogP contribution is -2.02. The minimum absolute atomic E-state index is 0.356. The highest BCUT2D eigenvalue weighted by Crippen LogP contribution is 2.46. The van der Waals surface area contributed by atoms with Crippen molar-refractivity contribution in [1.82, 2.24) is 9.13 Å². The maximum Gasteiger partial charge on any atom is 0.212 e. The molecule has 4 nitrogen and oxygen atoms in total. The van der Waals surface area contributed by atoms with E-state index in [1.54, 1.807) is 6.07 Å². The summed E-state index contributed by atoms with van der Waals surface area (Å²) >= 11 is 0. The number of para-hydroxylation sites is 3. The number of nitrogens with zero attached hydrogens (tertiary/aromatic N) is 4. The third-order valence-electron chi connectivity index (χ3n) is 11.2. The van der Waals surface area contributed by atoms with Gasteiger partial charge in [0.2, 0.25) is 5.69 Å². The molecule has 0 saturated heterocycles. The molecule has 0 aliphatic carbocycles. The lowest BCUT2D eigenvalue weighted by molar-refractivity contribution is 1.12. The van der Waals surface area contributed by atoms with Gasteiger partial charge in [-0.3, -0.25) is 0 Å². The molecule has 0 radical (unpaired) electrons. The standard InChI is InChI=1S/C52H34N4/c1-33-14-12-15-34(2)51(33)56-47-23-11-10-21-41(47)45-30-40(31-46(52(45)56)42-22-13-20-39(32-53)50(42)54-3)55-48-26-24-37(35-16-6-4-7-17-35)28-43(48)44-29-38(25-27-49(44)55)36-18-8-5-9-19-36/h4-31H,1-2H3. The number of nitriles is 1. The van der Waals surface area contributed by atoms with Crippen LogP contribution in [-0.4, -0.2) is 9.13 Å². The average Bonchev–Trinajstić information content (AvgIpc) is 3.75. The van der Waals surface area contributed by atoms with Crippen molar-refractivity contribution in [2.24, 2.45) is 0 Å². The number of hydrogen-bond acceptors (Lipinski definition) is 1. The molecular formula is C52H34N4. The Morgan fingerprint density at radius 3 is 1.66 bits per heavy atom. The highest BCUT2D eigenvalue weighted by molar-refractivity contribution is 6.17. The van der Waals surface area contributed by atoms with Crippen LogP contribution >= 0.6 is 0 Å². The summed E-state index contributed by atoms with van der Waals surface area (Å²) in [6.07, 6.45) is 0. The maximum atomic E-state index is 10.2. The molecular weight excluding hydrogens is 681 g/mol. The molecule has 56 heavy (non-hydrogen) atoms. The van der Waals surface area contributed by atoms with Crippen LogP contribution in [0.1, 0.15) is 16.7 Å². The molecule has 0 fully saturated rings. The minimum atomic E-state index is 0.356. The van der Waals surface area contributed by atoms with E-state index < -0.39 is 0 Å². The number of rotatable bonds is 5. The van der Waals surface area contributed by atoms with Crippen molar-refractivity contribution in [3.8, 4) is 50.8 Å². The van der Waals surface area contributed by atoms with Crippen LogP contribution in [0, 0.1) is 31.8 Å². The lowest BCUT2D eigenvalue weighted by atomic mass is 9.96. The quantitative estimate of drug-likeness (QED) is 0.164. The van der Waals surface area contributed by atoms with E-state index in [2.05, 4.69) is 186 Å². The first-order valence-electron chi connectivity index (χ1n) is 18.8. The maximum absolute atomic E-state index is 10.2. The van der Waals surface area contributed by atoms with Crippen molar-refractivity contribution in [2.75, 3.05) is 0 Å². The van der Waals surface area contributed by atoms with Crippen LogP contribution in [0.5, 0.6) is 0 Å². The van der Waals surface area contributed by atoms with Gasteiger partial charge in [0.25, 0.3) is 0 Å². The second kappa shape index (κ2) is 13.0. The Hall–Kier alpha value is -7.66. The Balaban J connectivity index is 1.36. The van der Waals surface area contributed by atoms with Gasteiger partial charge in [-0.15, -0.1) is 0 Å². The van der Waals surface area contributed by atoms with Crippen molar-refractivity contribution in [2.45, 2.75) is 13.8 Å². The number of aryl methyl sites for hydroxylation is 2. The molecule has 2 aromatic heterocycles. The highest BCUT2D eigenvalue weighted by atomic mass is 15.0. The molecule has 10 aromatic rings. The monoisotopic (exact) mass is 714 g/mol. The van der Waals surface area contributed by atoms with Gasteiger partial charge in [0, 0.05) is 27.2 Å². The largest absolute Gasteiger partial charge is 0.309 e. The first-order valence-corrected chi connectivity index (χ1v) is 18.8. The summed E-state index contributed by atoms with van der Waals surface area (Å²) in [5.74, 6) is 0. The van der Waals surface area contributed by atoms with Crippen LogP contribution < -0.4 is 0 Å². The van der Waals surface area contributed by atoms with Gasteiger partial charge < -0.3 is 9.13 Å². The van der Waals surface area contributed by atoms with E-state index in [0.29, 0.717) is 11.3 Å². The molecule has 0 bridgehead atoms. The third kappa shape index (κ3) is 5.05. The van der Waals surface area contributed by atoms with Gasteiger partial charge in [-0.1, -0.05) is 127 Å². The van der Waals surface area contributed by atoms with Crippen molar-refractivity contribution in [3.63, 3.8) is 0 Å². The second-order valence-electron chi connectivity index (χ2n) is 14.4. The van der Waals surface area contributed by atoms with Gasteiger partial charge in [0.15, 0.2) is 0 Å². The summed E-state index contributed by atoms with van der Waals surface area (Å²) in [5, 5.41) is 14.7. The molecule has 0 aliphatic rings. The number of fused-ring (bicyclic) bond motifs is 6. The van der Waals surface area contributed by atoms with Gasteiger partial charge in [0.05, 0.1) is 46.0 Å². The van der Waals surface area contributed by atoms with E-state index in [1.807, 2.05) is 12.1 Å². The smallest absolute Gasteiger partial charge is 0.212 e. The van der Waals surface area contributed by atoms with E-state index in [0.717, 1.165) is 88.4 Å². The summed E-state index contributed by atoms with van der Waals surface area (Å²) in [7, 11) is 0. The van der Waals surface area contributed by atoms with Gasteiger partial charge in [-0.2, -0.15) is 5.26 Å². The van der Waals surface area contributed by atoms with Crippen molar-refractivity contribution in [1.29, 1.82) is 5.26 Å². The zero-order valence-electron chi connectivity index (χ0n) is 31.0. The summed E-state index contributed by atoms with van der Waals surface area (Å²) in [5.41, 5.74) is 15.7. The Labute approximate surface area is 325 Å². The van der Waals surface area contributed by atoms with Crippen LogP contribution in [0.15, 0.2) is 170 Å². The SMILES string of the molecule is [C-]#[N+]c1c(C#N)cccc1-c1cc(-n2c3ccc(-c4ccccc4)cc3c3cc(-c4ccccc4)ccc32)cc2c3ccccc3n(-c3c(C)cccc3C)c12.